The Balaban J connectivity index is 2.43. The molecule has 0 saturated heterocycles. The zero-order chi connectivity index (χ0) is 9.19. The predicted octanol–water partition coefficient (Wildman–Crippen LogP) is 1.52. The number of aliphatic hydroxyl groups excluding tert-OH is 1. The van der Waals surface area contributed by atoms with Crippen LogP contribution in [0.15, 0.2) is 0 Å². The number of aliphatic hydroxyl groups is 1. The minimum Gasteiger partial charge on any atom is -0.392 e. The summed E-state index contributed by atoms with van der Waals surface area (Å²) in [6.07, 6.45) is 4.22. The molecular formula is C10H21NO. The third-order valence-electron chi connectivity index (χ3n) is 3.16. The molecule has 0 aromatic heterocycles. The predicted molar refractivity (Wildman–Crippen MR) is 50.8 cm³/mol. The Hall–Kier alpha value is -0.0800. The summed E-state index contributed by atoms with van der Waals surface area (Å²) in [6, 6.07) is 0. The number of rotatable bonds is 4. The van der Waals surface area contributed by atoms with Gasteiger partial charge in [0.25, 0.3) is 0 Å². The summed E-state index contributed by atoms with van der Waals surface area (Å²) in [6.45, 7) is 4.94. The summed E-state index contributed by atoms with van der Waals surface area (Å²) in [4.78, 5) is 0. The van der Waals surface area contributed by atoms with E-state index in [1.807, 2.05) is 0 Å². The zero-order valence-electron chi connectivity index (χ0n) is 8.21. The van der Waals surface area contributed by atoms with Crippen molar-refractivity contribution in [3.63, 3.8) is 0 Å². The molecule has 0 aromatic carbocycles. The van der Waals surface area contributed by atoms with Gasteiger partial charge >= 0.3 is 0 Å². The van der Waals surface area contributed by atoms with Gasteiger partial charge in [0.05, 0.1) is 6.10 Å². The normalized spacial score (nSPS) is 23.8. The summed E-state index contributed by atoms with van der Waals surface area (Å²) in [7, 11) is 0. The fourth-order valence-corrected chi connectivity index (χ4v) is 2.00. The highest BCUT2D eigenvalue weighted by Crippen LogP contribution is 2.44. The number of hydrogen-bond donors (Lipinski definition) is 2. The van der Waals surface area contributed by atoms with Crippen LogP contribution < -0.4 is 5.73 Å². The van der Waals surface area contributed by atoms with E-state index in [0.717, 1.165) is 19.3 Å². The van der Waals surface area contributed by atoms with E-state index in [1.54, 1.807) is 0 Å². The first-order valence-corrected chi connectivity index (χ1v) is 4.99. The van der Waals surface area contributed by atoms with Crippen LogP contribution in [-0.2, 0) is 0 Å². The van der Waals surface area contributed by atoms with Gasteiger partial charge in [0.1, 0.15) is 0 Å². The van der Waals surface area contributed by atoms with E-state index in [-0.39, 0.29) is 11.5 Å². The van der Waals surface area contributed by atoms with Crippen molar-refractivity contribution in [1.29, 1.82) is 0 Å². The van der Waals surface area contributed by atoms with E-state index in [9.17, 15) is 5.11 Å². The highest BCUT2D eigenvalue weighted by molar-refractivity contribution is 4.94. The van der Waals surface area contributed by atoms with Crippen molar-refractivity contribution in [2.75, 3.05) is 6.54 Å². The Bertz CT molecular complexity index is 135. The summed E-state index contributed by atoms with van der Waals surface area (Å²) < 4.78 is 0. The van der Waals surface area contributed by atoms with Crippen molar-refractivity contribution in [3.8, 4) is 0 Å². The maximum Gasteiger partial charge on any atom is 0.0610 e. The van der Waals surface area contributed by atoms with Crippen LogP contribution in [0.5, 0.6) is 0 Å². The molecule has 0 amide bonds. The Morgan fingerprint density at radius 3 is 2.25 bits per heavy atom. The van der Waals surface area contributed by atoms with E-state index >= 15 is 0 Å². The van der Waals surface area contributed by atoms with Gasteiger partial charge in [0.2, 0.25) is 0 Å². The van der Waals surface area contributed by atoms with Gasteiger partial charge in [-0.05, 0) is 25.2 Å². The molecule has 0 radical (unpaired) electrons. The average Bonchev–Trinajstić information content (AvgIpc) is 1.83. The van der Waals surface area contributed by atoms with Crippen LogP contribution in [0, 0.1) is 11.3 Å². The Morgan fingerprint density at radius 1 is 1.42 bits per heavy atom. The number of nitrogens with two attached hydrogens (primary N) is 1. The molecule has 1 atom stereocenters. The van der Waals surface area contributed by atoms with Crippen LogP contribution in [0.4, 0.5) is 0 Å². The van der Waals surface area contributed by atoms with Crippen molar-refractivity contribution >= 4 is 0 Å². The molecule has 72 valence electrons. The summed E-state index contributed by atoms with van der Waals surface area (Å²) >= 11 is 0. The van der Waals surface area contributed by atoms with Crippen LogP contribution in [0.2, 0.25) is 0 Å². The first kappa shape index (κ1) is 10.0. The Kier molecular flexibility index (Phi) is 3.13. The molecule has 1 aliphatic carbocycles. The maximum absolute atomic E-state index is 9.91. The second kappa shape index (κ2) is 3.75. The van der Waals surface area contributed by atoms with E-state index in [2.05, 4.69) is 13.8 Å². The van der Waals surface area contributed by atoms with E-state index in [0.29, 0.717) is 12.5 Å². The van der Waals surface area contributed by atoms with Crippen LogP contribution in [0.25, 0.3) is 0 Å². The molecule has 0 aromatic rings. The molecule has 0 bridgehead atoms. The summed E-state index contributed by atoms with van der Waals surface area (Å²) in [5.41, 5.74) is 5.77. The summed E-state index contributed by atoms with van der Waals surface area (Å²) in [5.74, 6) is 0.573. The van der Waals surface area contributed by atoms with E-state index in [1.165, 1.54) is 6.42 Å². The molecule has 2 heteroatoms. The molecule has 2 nitrogen and oxygen atoms in total. The van der Waals surface area contributed by atoms with Gasteiger partial charge in [-0.3, -0.25) is 0 Å². The first-order valence-electron chi connectivity index (χ1n) is 4.99. The molecule has 1 saturated carbocycles. The third kappa shape index (κ3) is 1.80. The highest BCUT2D eigenvalue weighted by Gasteiger charge is 2.41. The largest absolute Gasteiger partial charge is 0.392 e. The van der Waals surface area contributed by atoms with Crippen LogP contribution in [0.3, 0.4) is 0 Å². The molecule has 12 heavy (non-hydrogen) atoms. The SMILES string of the molecule is CC(C)CC(O)C1(CN)CCC1. The van der Waals surface area contributed by atoms with E-state index < -0.39 is 0 Å². The third-order valence-corrected chi connectivity index (χ3v) is 3.16. The topological polar surface area (TPSA) is 46.2 Å². The molecular weight excluding hydrogens is 150 g/mol. The molecule has 1 unspecified atom stereocenters. The fraction of sp³-hybridized carbons (Fsp3) is 1.00. The maximum atomic E-state index is 9.91. The smallest absolute Gasteiger partial charge is 0.0610 e. The molecule has 1 rings (SSSR count). The van der Waals surface area contributed by atoms with Crippen molar-refractivity contribution in [3.05, 3.63) is 0 Å². The van der Waals surface area contributed by atoms with Gasteiger partial charge in [-0.2, -0.15) is 0 Å². The van der Waals surface area contributed by atoms with Crippen LogP contribution in [0.1, 0.15) is 39.5 Å². The van der Waals surface area contributed by atoms with Crippen LogP contribution in [-0.4, -0.2) is 17.8 Å². The van der Waals surface area contributed by atoms with Gasteiger partial charge in [-0.25, -0.2) is 0 Å². The monoisotopic (exact) mass is 171 g/mol. The van der Waals surface area contributed by atoms with Gasteiger partial charge in [-0.15, -0.1) is 0 Å². The molecule has 0 heterocycles. The van der Waals surface area contributed by atoms with Gasteiger partial charge < -0.3 is 10.8 Å². The lowest BCUT2D eigenvalue weighted by atomic mass is 9.64. The minimum absolute atomic E-state index is 0.0876. The van der Waals surface area contributed by atoms with Gasteiger partial charge in [0, 0.05) is 12.0 Å². The van der Waals surface area contributed by atoms with Crippen molar-refractivity contribution in [1.82, 2.24) is 0 Å². The second-order valence-corrected chi connectivity index (χ2v) is 4.57. The first-order chi connectivity index (χ1) is 5.60. The lowest BCUT2D eigenvalue weighted by Gasteiger charge is -2.45. The average molecular weight is 171 g/mol. The lowest BCUT2D eigenvalue weighted by molar-refractivity contribution is -0.0384. The standard InChI is InChI=1S/C10H21NO/c1-8(2)6-9(12)10(7-11)4-3-5-10/h8-9,12H,3-7,11H2,1-2H3. The number of hydrogen-bond acceptors (Lipinski definition) is 2. The van der Waals surface area contributed by atoms with E-state index in [4.69, 9.17) is 5.73 Å². The highest BCUT2D eigenvalue weighted by atomic mass is 16.3. The molecule has 1 fully saturated rings. The van der Waals surface area contributed by atoms with Crippen molar-refractivity contribution in [2.45, 2.75) is 45.6 Å². The molecule has 3 N–H and O–H groups in total. The summed E-state index contributed by atoms with van der Waals surface area (Å²) in [5, 5.41) is 9.91. The van der Waals surface area contributed by atoms with Crippen molar-refractivity contribution in [2.24, 2.45) is 17.1 Å². The molecule has 0 aliphatic heterocycles. The van der Waals surface area contributed by atoms with Crippen molar-refractivity contribution < 1.29 is 5.11 Å². The molecule has 0 spiro atoms. The zero-order valence-corrected chi connectivity index (χ0v) is 8.21. The van der Waals surface area contributed by atoms with Gasteiger partial charge in [-0.1, -0.05) is 20.3 Å². The quantitative estimate of drug-likeness (QED) is 0.673. The molecule has 1 aliphatic rings. The second-order valence-electron chi connectivity index (χ2n) is 4.57. The Morgan fingerprint density at radius 2 is 2.00 bits per heavy atom. The van der Waals surface area contributed by atoms with Crippen LogP contribution >= 0.6 is 0 Å². The fourth-order valence-electron chi connectivity index (χ4n) is 2.00. The van der Waals surface area contributed by atoms with Gasteiger partial charge in [0.15, 0.2) is 0 Å². The Labute approximate surface area is 75.2 Å². The minimum atomic E-state index is -0.170. The lowest BCUT2D eigenvalue weighted by Crippen LogP contribution is -2.47.